The third-order valence-electron chi connectivity index (χ3n) is 6.40. The van der Waals surface area contributed by atoms with Gasteiger partial charge in [-0.1, -0.05) is 11.8 Å². The van der Waals surface area contributed by atoms with Gasteiger partial charge in [-0.25, -0.2) is 0 Å². The van der Waals surface area contributed by atoms with Crippen LogP contribution in [0.1, 0.15) is 57.4 Å². The van der Waals surface area contributed by atoms with Crippen LogP contribution < -0.4 is 15.1 Å². The molecule has 166 valence electrons. The summed E-state index contributed by atoms with van der Waals surface area (Å²) in [5.74, 6) is 1.35. The van der Waals surface area contributed by atoms with E-state index < -0.39 is 0 Å². The third kappa shape index (κ3) is 5.00. The number of rotatable bonds is 7. The first-order valence-electron chi connectivity index (χ1n) is 11.8. The molecule has 3 heterocycles. The van der Waals surface area contributed by atoms with E-state index in [0.29, 0.717) is 11.8 Å². The molecule has 2 aliphatic heterocycles. The van der Waals surface area contributed by atoms with Crippen molar-refractivity contribution >= 4 is 35.0 Å². The first-order valence-corrected chi connectivity index (χ1v) is 12.7. The average Bonchev–Trinajstić information content (AvgIpc) is 3.58. The monoisotopic (exact) mass is 440 g/mol. The predicted molar refractivity (Wildman–Crippen MR) is 126 cm³/mol. The summed E-state index contributed by atoms with van der Waals surface area (Å²) < 4.78 is 2.27. The molecule has 31 heavy (non-hydrogen) atoms. The van der Waals surface area contributed by atoms with Crippen molar-refractivity contribution in [1.29, 1.82) is 0 Å². The highest BCUT2D eigenvalue weighted by molar-refractivity contribution is 7.99. The smallest absolute Gasteiger partial charge is 0.234 e. The van der Waals surface area contributed by atoms with Crippen LogP contribution in [0.5, 0.6) is 0 Å². The zero-order valence-corrected chi connectivity index (χ0v) is 18.9. The number of amides is 1. The Bertz CT molecular complexity index is 882. The van der Waals surface area contributed by atoms with Crippen molar-refractivity contribution in [3.05, 3.63) is 24.3 Å². The molecule has 2 saturated heterocycles. The van der Waals surface area contributed by atoms with Gasteiger partial charge in [-0.15, -0.1) is 10.2 Å². The van der Waals surface area contributed by atoms with Crippen LogP contribution >= 0.6 is 11.8 Å². The molecule has 1 N–H and O–H groups in total. The van der Waals surface area contributed by atoms with E-state index in [4.69, 9.17) is 0 Å². The normalized spacial score (nSPS) is 19.5. The summed E-state index contributed by atoms with van der Waals surface area (Å²) >= 11 is 1.50. The Hall–Kier alpha value is -2.22. The molecule has 2 aromatic rings. The summed E-state index contributed by atoms with van der Waals surface area (Å²) in [6, 6.07) is 8.74. The molecule has 7 nitrogen and oxygen atoms in total. The number of piperidine rings is 2. The van der Waals surface area contributed by atoms with Crippen LogP contribution in [0, 0.1) is 0 Å². The Kier molecular flexibility index (Phi) is 6.34. The third-order valence-corrected chi connectivity index (χ3v) is 7.35. The van der Waals surface area contributed by atoms with Crippen molar-refractivity contribution in [2.75, 3.05) is 47.0 Å². The lowest BCUT2D eigenvalue weighted by molar-refractivity contribution is -0.113. The second-order valence-electron chi connectivity index (χ2n) is 8.86. The number of benzene rings is 1. The lowest BCUT2D eigenvalue weighted by Crippen LogP contribution is -2.32. The van der Waals surface area contributed by atoms with Gasteiger partial charge in [0.1, 0.15) is 0 Å². The maximum atomic E-state index is 12.6. The van der Waals surface area contributed by atoms with Crippen LogP contribution in [0.3, 0.4) is 0 Å². The van der Waals surface area contributed by atoms with E-state index in [-0.39, 0.29) is 5.91 Å². The summed E-state index contributed by atoms with van der Waals surface area (Å²) in [5.41, 5.74) is 2.10. The lowest BCUT2D eigenvalue weighted by atomic mass is 10.1. The second-order valence-corrected chi connectivity index (χ2v) is 9.81. The molecule has 3 aliphatic rings. The quantitative estimate of drug-likeness (QED) is 0.647. The minimum absolute atomic E-state index is 0.000548. The zero-order chi connectivity index (χ0) is 21.0. The average molecular weight is 441 g/mol. The fourth-order valence-corrected chi connectivity index (χ4v) is 5.37. The van der Waals surface area contributed by atoms with E-state index in [1.54, 1.807) is 0 Å². The number of thioether (sulfide) groups is 1. The van der Waals surface area contributed by atoms with E-state index in [1.165, 1.54) is 68.8 Å². The second kappa shape index (κ2) is 9.51. The Morgan fingerprint density at radius 3 is 2.19 bits per heavy atom. The molecule has 3 fully saturated rings. The van der Waals surface area contributed by atoms with Gasteiger partial charge < -0.3 is 15.1 Å². The molecule has 1 aromatic carbocycles. The highest BCUT2D eigenvalue weighted by Gasteiger charge is 2.32. The molecule has 8 heteroatoms. The van der Waals surface area contributed by atoms with Gasteiger partial charge >= 0.3 is 0 Å². The Balaban J connectivity index is 1.17. The Morgan fingerprint density at radius 2 is 1.55 bits per heavy atom. The molecule has 0 atom stereocenters. The molecule has 0 unspecified atom stereocenters. The van der Waals surface area contributed by atoms with Gasteiger partial charge in [0.25, 0.3) is 0 Å². The van der Waals surface area contributed by atoms with E-state index >= 15 is 0 Å². The zero-order valence-electron chi connectivity index (χ0n) is 18.1. The molecule has 0 spiro atoms. The van der Waals surface area contributed by atoms with Crippen molar-refractivity contribution in [1.82, 2.24) is 14.8 Å². The molecular formula is C23H32N6OS. The topological polar surface area (TPSA) is 66.3 Å². The standard InChI is InChI=1S/C23H32N6OS/c30-21(24-18-7-9-19(10-8-18)27-13-3-1-4-14-27)17-31-23-26-25-22(29(23)20-11-12-20)28-15-5-2-6-16-28/h7-10,20H,1-6,11-17H2,(H,24,30). The fourth-order valence-electron chi connectivity index (χ4n) is 4.56. The number of hydrogen-bond donors (Lipinski definition) is 1. The van der Waals surface area contributed by atoms with Crippen LogP contribution in [0.2, 0.25) is 0 Å². The van der Waals surface area contributed by atoms with Gasteiger partial charge in [-0.05, 0) is 75.6 Å². The predicted octanol–water partition coefficient (Wildman–Crippen LogP) is 4.32. The minimum Gasteiger partial charge on any atom is -0.372 e. The van der Waals surface area contributed by atoms with E-state index in [2.05, 4.69) is 42.0 Å². The van der Waals surface area contributed by atoms with E-state index in [0.717, 1.165) is 43.0 Å². The summed E-state index contributed by atoms with van der Waals surface area (Å²) in [7, 11) is 0. The van der Waals surface area contributed by atoms with Crippen LogP contribution in [0.15, 0.2) is 29.4 Å². The lowest BCUT2D eigenvalue weighted by Gasteiger charge is -2.28. The number of carbonyl (C=O) groups excluding carboxylic acids is 1. The van der Waals surface area contributed by atoms with Gasteiger partial charge in [0, 0.05) is 43.6 Å². The number of anilines is 3. The minimum atomic E-state index is 0.000548. The molecule has 1 aromatic heterocycles. The largest absolute Gasteiger partial charge is 0.372 e. The van der Waals surface area contributed by atoms with Crippen molar-refractivity contribution in [2.24, 2.45) is 0 Å². The van der Waals surface area contributed by atoms with Crippen LogP contribution in [-0.2, 0) is 4.79 Å². The van der Waals surface area contributed by atoms with E-state index in [9.17, 15) is 4.79 Å². The molecule has 1 saturated carbocycles. The number of carbonyl (C=O) groups is 1. The van der Waals surface area contributed by atoms with Crippen molar-refractivity contribution in [3.63, 3.8) is 0 Å². The van der Waals surface area contributed by atoms with Gasteiger partial charge in [-0.2, -0.15) is 0 Å². The van der Waals surface area contributed by atoms with Crippen molar-refractivity contribution < 1.29 is 4.79 Å². The molecular weight excluding hydrogens is 408 g/mol. The first-order chi connectivity index (χ1) is 15.3. The van der Waals surface area contributed by atoms with Crippen LogP contribution in [-0.4, -0.2) is 52.6 Å². The summed E-state index contributed by atoms with van der Waals surface area (Å²) in [6.07, 6.45) is 9.97. The maximum Gasteiger partial charge on any atom is 0.234 e. The van der Waals surface area contributed by atoms with E-state index in [1.807, 2.05) is 12.1 Å². The van der Waals surface area contributed by atoms with Crippen LogP contribution in [0.4, 0.5) is 17.3 Å². The van der Waals surface area contributed by atoms with Crippen LogP contribution in [0.25, 0.3) is 0 Å². The first kappa shape index (κ1) is 20.7. The molecule has 1 amide bonds. The van der Waals surface area contributed by atoms with Gasteiger partial charge in [0.2, 0.25) is 11.9 Å². The van der Waals surface area contributed by atoms with Crippen molar-refractivity contribution in [3.8, 4) is 0 Å². The number of nitrogens with one attached hydrogen (secondary N) is 1. The summed E-state index contributed by atoms with van der Waals surface area (Å²) in [5, 5.41) is 12.8. The summed E-state index contributed by atoms with van der Waals surface area (Å²) in [6.45, 7) is 4.37. The number of aromatic nitrogens is 3. The summed E-state index contributed by atoms with van der Waals surface area (Å²) in [4.78, 5) is 17.4. The molecule has 5 rings (SSSR count). The number of nitrogens with zero attached hydrogens (tertiary/aromatic N) is 5. The molecule has 1 aliphatic carbocycles. The SMILES string of the molecule is O=C(CSc1nnc(N2CCCCC2)n1C1CC1)Nc1ccc(N2CCCCC2)cc1. The Morgan fingerprint density at radius 1 is 0.903 bits per heavy atom. The molecule has 0 radical (unpaired) electrons. The van der Waals surface area contributed by atoms with Crippen molar-refractivity contribution in [2.45, 2.75) is 62.6 Å². The Labute approximate surface area is 188 Å². The highest BCUT2D eigenvalue weighted by atomic mass is 32.2. The fraction of sp³-hybridized carbons (Fsp3) is 0.609. The van der Waals surface area contributed by atoms with Gasteiger partial charge in [0.15, 0.2) is 5.16 Å². The number of hydrogen-bond acceptors (Lipinski definition) is 6. The highest BCUT2D eigenvalue weighted by Crippen LogP contribution is 2.41. The molecule has 0 bridgehead atoms. The van der Waals surface area contributed by atoms with Gasteiger partial charge in [-0.3, -0.25) is 9.36 Å². The maximum absolute atomic E-state index is 12.6. The van der Waals surface area contributed by atoms with Gasteiger partial charge in [0.05, 0.1) is 5.75 Å².